The first kappa shape index (κ1) is 14.3. The van der Waals surface area contributed by atoms with Crippen molar-refractivity contribution in [2.24, 2.45) is 5.92 Å². The van der Waals surface area contributed by atoms with E-state index in [1.54, 1.807) is 0 Å². The Balaban J connectivity index is 1.99. The standard InChI is InChI=1S/C16H20N2O2/c1-11-4-3-5-13(16(11)20)10-17-14-6-8-15(9-7-14)18-12(2)19/h6-11,17H,3-5H2,1-2H3,(H,18,19)/b13-10-/t11-/m1/s1. The summed E-state index contributed by atoms with van der Waals surface area (Å²) in [6.07, 6.45) is 4.72. The molecule has 0 heterocycles. The molecule has 1 amide bonds. The highest BCUT2D eigenvalue weighted by Gasteiger charge is 2.22. The summed E-state index contributed by atoms with van der Waals surface area (Å²) in [5.74, 6) is 0.298. The van der Waals surface area contributed by atoms with Crippen LogP contribution in [0.15, 0.2) is 36.0 Å². The minimum atomic E-state index is -0.0883. The van der Waals surface area contributed by atoms with E-state index in [2.05, 4.69) is 10.6 Å². The van der Waals surface area contributed by atoms with Crippen molar-refractivity contribution >= 4 is 23.1 Å². The average Bonchev–Trinajstić information content (AvgIpc) is 2.41. The van der Waals surface area contributed by atoms with Crippen molar-refractivity contribution in [2.45, 2.75) is 33.1 Å². The number of anilines is 2. The Labute approximate surface area is 119 Å². The zero-order valence-electron chi connectivity index (χ0n) is 11.9. The topological polar surface area (TPSA) is 58.2 Å². The highest BCUT2D eigenvalue weighted by atomic mass is 16.1. The van der Waals surface area contributed by atoms with Gasteiger partial charge in [-0.2, -0.15) is 0 Å². The van der Waals surface area contributed by atoms with Crippen LogP contribution in [-0.4, -0.2) is 11.7 Å². The SMILES string of the molecule is CC(=O)Nc1ccc(N/C=C2/CCC[C@@H](C)C2=O)cc1. The minimum absolute atomic E-state index is 0.0883. The van der Waals surface area contributed by atoms with Crippen LogP contribution in [0.1, 0.15) is 33.1 Å². The van der Waals surface area contributed by atoms with E-state index in [4.69, 9.17) is 0 Å². The zero-order valence-corrected chi connectivity index (χ0v) is 11.9. The molecule has 1 saturated carbocycles. The first-order valence-electron chi connectivity index (χ1n) is 6.93. The number of Topliss-reactive ketones (excluding diaryl/α,β-unsaturated/α-hetero) is 1. The summed E-state index contributed by atoms with van der Waals surface area (Å²) in [6, 6.07) is 7.40. The summed E-state index contributed by atoms with van der Waals surface area (Å²) in [7, 11) is 0. The molecule has 4 heteroatoms. The number of hydrogen-bond acceptors (Lipinski definition) is 3. The Bertz CT molecular complexity index is 532. The van der Waals surface area contributed by atoms with Gasteiger partial charge < -0.3 is 10.6 Å². The fourth-order valence-corrected chi connectivity index (χ4v) is 2.34. The van der Waals surface area contributed by atoms with Crippen LogP contribution in [0.2, 0.25) is 0 Å². The highest BCUT2D eigenvalue weighted by Crippen LogP contribution is 2.25. The second-order valence-electron chi connectivity index (χ2n) is 5.23. The lowest BCUT2D eigenvalue weighted by molar-refractivity contribution is -0.120. The summed E-state index contributed by atoms with van der Waals surface area (Å²) in [6.45, 7) is 3.46. The largest absolute Gasteiger partial charge is 0.361 e. The molecule has 1 fully saturated rings. The maximum atomic E-state index is 12.0. The van der Waals surface area contributed by atoms with Gasteiger partial charge in [-0.05, 0) is 43.5 Å². The predicted molar refractivity (Wildman–Crippen MR) is 80.5 cm³/mol. The molecule has 0 saturated heterocycles. The van der Waals surface area contributed by atoms with Crippen molar-refractivity contribution in [3.05, 3.63) is 36.0 Å². The van der Waals surface area contributed by atoms with Gasteiger partial charge in [0.2, 0.25) is 5.91 Å². The molecule has 2 N–H and O–H groups in total. The molecular formula is C16H20N2O2. The molecule has 0 unspecified atom stereocenters. The normalized spacial score (nSPS) is 20.8. The smallest absolute Gasteiger partial charge is 0.221 e. The number of allylic oxidation sites excluding steroid dienone is 1. The zero-order chi connectivity index (χ0) is 14.5. The van der Waals surface area contributed by atoms with Crippen LogP contribution in [0.3, 0.4) is 0 Å². The van der Waals surface area contributed by atoms with Crippen molar-refractivity contribution in [1.82, 2.24) is 0 Å². The van der Waals surface area contributed by atoms with Crippen molar-refractivity contribution in [2.75, 3.05) is 10.6 Å². The summed E-state index contributed by atoms with van der Waals surface area (Å²) < 4.78 is 0. The molecule has 2 rings (SSSR count). The van der Waals surface area contributed by atoms with Gasteiger partial charge in [-0.1, -0.05) is 6.92 Å². The van der Waals surface area contributed by atoms with Crippen LogP contribution in [0.25, 0.3) is 0 Å². The van der Waals surface area contributed by atoms with Crippen molar-refractivity contribution < 1.29 is 9.59 Å². The van der Waals surface area contributed by atoms with E-state index in [1.807, 2.05) is 37.4 Å². The van der Waals surface area contributed by atoms with E-state index in [1.165, 1.54) is 6.92 Å². The van der Waals surface area contributed by atoms with Crippen LogP contribution < -0.4 is 10.6 Å². The quantitative estimate of drug-likeness (QED) is 0.830. The van der Waals surface area contributed by atoms with Crippen LogP contribution in [0, 0.1) is 5.92 Å². The van der Waals surface area contributed by atoms with Gasteiger partial charge in [0.25, 0.3) is 0 Å². The summed E-state index contributed by atoms with van der Waals surface area (Å²) in [5, 5.41) is 5.86. The van der Waals surface area contributed by atoms with Crippen LogP contribution in [-0.2, 0) is 9.59 Å². The molecule has 0 aliphatic heterocycles. The number of hydrogen-bond donors (Lipinski definition) is 2. The molecule has 0 spiro atoms. The first-order valence-corrected chi connectivity index (χ1v) is 6.93. The number of nitrogens with one attached hydrogen (secondary N) is 2. The Morgan fingerprint density at radius 3 is 2.55 bits per heavy atom. The Morgan fingerprint density at radius 2 is 1.90 bits per heavy atom. The van der Waals surface area contributed by atoms with E-state index in [9.17, 15) is 9.59 Å². The number of ketones is 1. The van der Waals surface area contributed by atoms with Gasteiger partial charge in [0.1, 0.15) is 0 Å². The number of benzene rings is 1. The number of carbonyl (C=O) groups excluding carboxylic acids is 2. The summed E-state index contributed by atoms with van der Waals surface area (Å²) in [5.41, 5.74) is 2.53. The molecule has 1 aliphatic carbocycles. The monoisotopic (exact) mass is 272 g/mol. The number of amides is 1. The predicted octanol–water partition coefficient (Wildman–Crippen LogP) is 3.33. The molecule has 1 aromatic rings. The van der Waals surface area contributed by atoms with Crippen molar-refractivity contribution in [3.63, 3.8) is 0 Å². The number of rotatable bonds is 3. The maximum absolute atomic E-state index is 12.0. The fourth-order valence-electron chi connectivity index (χ4n) is 2.34. The Kier molecular flexibility index (Phi) is 4.56. The lowest BCUT2D eigenvalue weighted by Crippen LogP contribution is -2.19. The Hall–Kier alpha value is -2.10. The first-order chi connectivity index (χ1) is 9.56. The molecule has 1 atom stereocenters. The van der Waals surface area contributed by atoms with Gasteiger partial charge in [-0.15, -0.1) is 0 Å². The van der Waals surface area contributed by atoms with Gasteiger partial charge in [0.15, 0.2) is 5.78 Å². The molecule has 1 aliphatic rings. The van der Waals surface area contributed by atoms with Gasteiger partial charge in [-0.25, -0.2) is 0 Å². The molecular weight excluding hydrogens is 252 g/mol. The van der Waals surface area contributed by atoms with E-state index in [0.29, 0.717) is 0 Å². The molecule has 1 aromatic carbocycles. The minimum Gasteiger partial charge on any atom is -0.361 e. The summed E-state index contributed by atoms with van der Waals surface area (Å²) >= 11 is 0. The van der Waals surface area contributed by atoms with Crippen LogP contribution in [0.5, 0.6) is 0 Å². The van der Waals surface area contributed by atoms with E-state index < -0.39 is 0 Å². The van der Waals surface area contributed by atoms with Gasteiger partial charge >= 0.3 is 0 Å². The maximum Gasteiger partial charge on any atom is 0.221 e. The summed E-state index contributed by atoms with van der Waals surface area (Å²) in [4.78, 5) is 22.9. The second-order valence-corrected chi connectivity index (χ2v) is 5.23. The fraction of sp³-hybridized carbons (Fsp3) is 0.375. The van der Waals surface area contributed by atoms with Crippen LogP contribution in [0.4, 0.5) is 11.4 Å². The van der Waals surface area contributed by atoms with E-state index in [-0.39, 0.29) is 17.6 Å². The molecule has 4 nitrogen and oxygen atoms in total. The van der Waals surface area contributed by atoms with Gasteiger partial charge in [-0.3, -0.25) is 9.59 Å². The van der Waals surface area contributed by atoms with E-state index in [0.717, 1.165) is 36.2 Å². The van der Waals surface area contributed by atoms with Gasteiger partial charge in [0.05, 0.1) is 0 Å². The lowest BCUT2D eigenvalue weighted by Gasteiger charge is -2.19. The van der Waals surface area contributed by atoms with Crippen LogP contribution >= 0.6 is 0 Å². The lowest BCUT2D eigenvalue weighted by atomic mass is 9.86. The average molecular weight is 272 g/mol. The third-order valence-electron chi connectivity index (χ3n) is 3.47. The van der Waals surface area contributed by atoms with E-state index >= 15 is 0 Å². The molecule has 0 aromatic heterocycles. The molecule has 0 bridgehead atoms. The number of carbonyl (C=O) groups is 2. The Morgan fingerprint density at radius 1 is 1.25 bits per heavy atom. The van der Waals surface area contributed by atoms with Gasteiger partial charge in [0, 0.05) is 36.0 Å². The molecule has 20 heavy (non-hydrogen) atoms. The van der Waals surface area contributed by atoms with Crippen molar-refractivity contribution in [3.8, 4) is 0 Å². The highest BCUT2D eigenvalue weighted by molar-refractivity contribution is 5.97. The third kappa shape index (κ3) is 3.70. The third-order valence-corrected chi connectivity index (χ3v) is 3.47. The van der Waals surface area contributed by atoms with Crippen molar-refractivity contribution in [1.29, 1.82) is 0 Å². The molecule has 0 radical (unpaired) electrons. The molecule has 106 valence electrons. The second kappa shape index (κ2) is 6.37.